The second-order valence-corrected chi connectivity index (χ2v) is 8.38. The minimum Gasteiger partial charge on any atom is -0.493 e. The van der Waals surface area contributed by atoms with Crippen molar-refractivity contribution in [2.75, 3.05) is 32.2 Å². The third kappa shape index (κ3) is 4.84. The zero-order valence-electron chi connectivity index (χ0n) is 19.6. The van der Waals surface area contributed by atoms with E-state index in [-0.39, 0.29) is 12.2 Å². The van der Waals surface area contributed by atoms with E-state index in [1.807, 2.05) is 0 Å². The SMILES string of the molecule is CCOC(C(=O)O)c1c(C(F)(F)F)ccc(-n2ccc(N(C)C)n2)c1-c1ccc2c(c1)CCCO2. The molecule has 4 rings (SSSR count). The number of carbonyl (C=O) groups is 1. The molecule has 1 N–H and O–H groups in total. The molecule has 35 heavy (non-hydrogen) atoms. The van der Waals surface area contributed by atoms with E-state index in [0.717, 1.165) is 18.1 Å². The summed E-state index contributed by atoms with van der Waals surface area (Å²) in [6.45, 7) is 2.03. The normalized spacial score (nSPS) is 14.2. The maximum Gasteiger partial charge on any atom is 0.416 e. The van der Waals surface area contributed by atoms with Crippen LogP contribution in [0.25, 0.3) is 16.8 Å². The van der Waals surface area contributed by atoms with E-state index in [9.17, 15) is 23.1 Å². The number of aliphatic carboxylic acids is 1. The number of hydrogen-bond donors (Lipinski definition) is 1. The van der Waals surface area contributed by atoms with Crippen LogP contribution in [0, 0.1) is 0 Å². The standard InChI is InChI=1S/C25H26F3N3O4/c1-4-34-23(24(32)33)22-17(25(26,27)28)8-9-18(31-12-11-20(29-31)30(2)3)21(22)16-7-10-19-15(14-16)6-5-13-35-19/h7-12,14,23H,4-6,13H2,1-3H3,(H,32,33). The first-order valence-electron chi connectivity index (χ1n) is 11.2. The van der Waals surface area contributed by atoms with Crippen molar-refractivity contribution in [2.45, 2.75) is 32.0 Å². The van der Waals surface area contributed by atoms with Gasteiger partial charge < -0.3 is 19.5 Å². The fourth-order valence-electron chi connectivity index (χ4n) is 4.27. The molecule has 1 aliphatic heterocycles. The highest BCUT2D eigenvalue weighted by molar-refractivity contribution is 5.85. The number of aromatic nitrogens is 2. The summed E-state index contributed by atoms with van der Waals surface area (Å²) in [7, 11) is 3.59. The van der Waals surface area contributed by atoms with Crippen LogP contribution >= 0.6 is 0 Å². The minimum absolute atomic E-state index is 0.0808. The van der Waals surface area contributed by atoms with Crippen molar-refractivity contribution < 1.29 is 32.5 Å². The van der Waals surface area contributed by atoms with Crippen LogP contribution in [0.1, 0.15) is 36.1 Å². The predicted molar refractivity (Wildman–Crippen MR) is 124 cm³/mol. The van der Waals surface area contributed by atoms with Crippen molar-refractivity contribution in [3.05, 3.63) is 59.3 Å². The Morgan fingerprint density at radius 2 is 2.03 bits per heavy atom. The van der Waals surface area contributed by atoms with Gasteiger partial charge in [0.15, 0.2) is 6.10 Å². The lowest BCUT2D eigenvalue weighted by molar-refractivity contribution is -0.152. The van der Waals surface area contributed by atoms with Gasteiger partial charge in [-0.2, -0.15) is 18.3 Å². The lowest BCUT2D eigenvalue weighted by atomic mass is 9.88. The Hall–Kier alpha value is -3.53. The van der Waals surface area contributed by atoms with Crippen molar-refractivity contribution in [1.29, 1.82) is 0 Å². The number of fused-ring (bicyclic) bond motifs is 1. The van der Waals surface area contributed by atoms with Gasteiger partial charge in [-0.05, 0) is 55.2 Å². The fourth-order valence-corrected chi connectivity index (χ4v) is 4.27. The highest BCUT2D eigenvalue weighted by Gasteiger charge is 2.40. The summed E-state index contributed by atoms with van der Waals surface area (Å²) in [5.41, 5.74) is 0.166. The topological polar surface area (TPSA) is 76.8 Å². The van der Waals surface area contributed by atoms with Gasteiger partial charge in [0, 0.05) is 44.1 Å². The van der Waals surface area contributed by atoms with Crippen LogP contribution < -0.4 is 9.64 Å². The van der Waals surface area contributed by atoms with Gasteiger partial charge in [-0.3, -0.25) is 0 Å². The second-order valence-electron chi connectivity index (χ2n) is 8.38. The summed E-state index contributed by atoms with van der Waals surface area (Å²) in [4.78, 5) is 13.9. The molecule has 0 saturated carbocycles. The molecule has 0 spiro atoms. The van der Waals surface area contributed by atoms with Crippen molar-refractivity contribution >= 4 is 11.8 Å². The number of alkyl halides is 3. The number of hydrogen-bond acceptors (Lipinski definition) is 5. The Balaban J connectivity index is 2.07. The number of carboxylic acids is 1. The number of benzene rings is 2. The molecule has 0 radical (unpaired) electrons. The average molecular weight is 489 g/mol. The van der Waals surface area contributed by atoms with E-state index in [1.54, 1.807) is 56.4 Å². The van der Waals surface area contributed by atoms with E-state index >= 15 is 0 Å². The number of ether oxygens (including phenoxy) is 2. The zero-order chi connectivity index (χ0) is 25.3. The molecule has 186 valence electrons. The Labute approximate surface area is 200 Å². The molecular weight excluding hydrogens is 463 g/mol. The maximum absolute atomic E-state index is 14.2. The first kappa shape index (κ1) is 24.6. The van der Waals surface area contributed by atoms with Crippen LogP contribution in [0.15, 0.2) is 42.6 Å². The monoisotopic (exact) mass is 489 g/mol. The Bertz CT molecular complexity index is 1240. The summed E-state index contributed by atoms with van der Waals surface area (Å²) in [5.74, 6) is -0.244. The molecule has 1 aliphatic rings. The van der Waals surface area contributed by atoms with Crippen molar-refractivity contribution in [3.8, 4) is 22.6 Å². The summed E-state index contributed by atoms with van der Waals surface area (Å²) >= 11 is 0. The van der Waals surface area contributed by atoms with E-state index in [1.165, 1.54) is 10.7 Å². The molecule has 1 atom stereocenters. The van der Waals surface area contributed by atoms with Crippen LogP contribution in [0.3, 0.4) is 0 Å². The summed E-state index contributed by atoms with van der Waals surface area (Å²) < 4.78 is 55.2. The van der Waals surface area contributed by atoms with Gasteiger partial charge in [-0.15, -0.1) is 0 Å². The molecule has 0 saturated heterocycles. The van der Waals surface area contributed by atoms with Crippen LogP contribution in [-0.2, 0) is 22.1 Å². The predicted octanol–water partition coefficient (Wildman–Crippen LogP) is 5.11. The molecule has 1 aromatic heterocycles. The fraction of sp³-hybridized carbons (Fsp3) is 0.360. The second kappa shape index (κ2) is 9.61. The number of anilines is 1. The van der Waals surface area contributed by atoms with Gasteiger partial charge in [-0.25, -0.2) is 9.48 Å². The molecular formula is C25H26F3N3O4. The first-order valence-corrected chi connectivity index (χ1v) is 11.2. The van der Waals surface area contributed by atoms with E-state index in [4.69, 9.17) is 9.47 Å². The molecule has 3 aromatic rings. The highest BCUT2D eigenvalue weighted by atomic mass is 19.4. The van der Waals surface area contributed by atoms with Crippen LogP contribution in [0.4, 0.5) is 19.0 Å². The van der Waals surface area contributed by atoms with E-state index in [2.05, 4.69) is 5.10 Å². The molecule has 2 heterocycles. The van der Waals surface area contributed by atoms with Crippen molar-refractivity contribution in [2.24, 2.45) is 0 Å². The summed E-state index contributed by atoms with van der Waals surface area (Å²) in [5, 5.41) is 14.4. The molecule has 10 heteroatoms. The third-order valence-corrected chi connectivity index (χ3v) is 5.83. The molecule has 0 amide bonds. The van der Waals surface area contributed by atoms with E-state index in [0.29, 0.717) is 35.8 Å². The lowest BCUT2D eigenvalue weighted by Crippen LogP contribution is -2.22. The average Bonchev–Trinajstić information content (AvgIpc) is 3.31. The van der Waals surface area contributed by atoms with Crippen LogP contribution in [-0.4, -0.2) is 48.2 Å². The van der Waals surface area contributed by atoms with Crippen LogP contribution in [0.5, 0.6) is 5.75 Å². The Kier molecular flexibility index (Phi) is 6.75. The minimum atomic E-state index is -4.80. The summed E-state index contributed by atoms with van der Waals surface area (Å²) in [6.07, 6.45) is -3.52. The number of aryl methyl sites for hydroxylation is 1. The van der Waals surface area contributed by atoms with Gasteiger partial charge in [0.25, 0.3) is 0 Å². The van der Waals surface area contributed by atoms with Crippen molar-refractivity contribution in [3.63, 3.8) is 0 Å². The van der Waals surface area contributed by atoms with Gasteiger partial charge in [-0.1, -0.05) is 6.07 Å². The van der Waals surface area contributed by atoms with Crippen molar-refractivity contribution in [1.82, 2.24) is 9.78 Å². The highest BCUT2D eigenvalue weighted by Crippen LogP contribution is 2.45. The largest absolute Gasteiger partial charge is 0.493 e. The third-order valence-electron chi connectivity index (χ3n) is 5.83. The Morgan fingerprint density at radius 3 is 2.66 bits per heavy atom. The van der Waals surface area contributed by atoms with Gasteiger partial charge in [0.2, 0.25) is 0 Å². The smallest absolute Gasteiger partial charge is 0.416 e. The molecule has 0 bridgehead atoms. The zero-order valence-corrected chi connectivity index (χ0v) is 19.6. The maximum atomic E-state index is 14.2. The molecule has 7 nitrogen and oxygen atoms in total. The quantitative estimate of drug-likeness (QED) is 0.497. The number of nitrogens with zero attached hydrogens (tertiary/aromatic N) is 3. The van der Waals surface area contributed by atoms with Gasteiger partial charge >= 0.3 is 12.1 Å². The summed E-state index contributed by atoms with van der Waals surface area (Å²) in [6, 6.07) is 9.05. The van der Waals surface area contributed by atoms with Gasteiger partial charge in [0.05, 0.1) is 17.9 Å². The Morgan fingerprint density at radius 1 is 1.26 bits per heavy atom. The molecule has 1 unspecified atom stereocenters. The van der Waals surface area contributed by atoms with E-state index < -0.39 is 29.4 Å². The molecule has 2 aromatic carbocycles. The molecule has 0 aliphatic carbocycles. The van der Waals surface area contributed by atoms with Crippen LogP contribution in [0.2, 0.25) is 0 Å². The molecule has 0 fully saturated rings. The van der Waals surface area contributed by atoms with Gasteiger partial charge in [0.1, 0.15) is 11.6 Å². The number of halogens is 3. The number of carboxylic acid groups (broad SMARTS) is 1. The number of rotatable bonds is 7. The first-order chi connectivity index (χ1) is 16.6. The lowest BCUT2D eigenvalue weighted by Gasteiger charge is -2.25.